The predicted molar refractivity (Wildman–Crippen MR) is 185 cm³/mol. The summed E-state index contributed by atoms with van der Waals surface area (Å²) in [6.45, 7) is 5.88. The van der Waals surface area contributed by atoms with Gasteiger partial charge in [0.25, 0.3) is 0 Å². The third-order valence-electron chi connectivity index (χ3n) is 8.59. The average Bonchev–Trinajstić information content (AvgIpc) is 3.12. The maximum atomic E-state index is 13.2. The first-order chi connectivity index (χ1) is 23.0. The molecule has 0 aliphatic carbocycles. The van der Waals surface area contributed by atoms with Gasteiger partial charge in [-0.1, -0.05) is 48.5 Å². The van der Waals surface area contributed by atoms with Gasteiger partial charge in [-0.15, -0.1) is 0 Å². The van der Waals surface area contributed by atoms with E-state index in [1.807, 2.05) is 66.7 Å². The van der Waals surface area contributed by atoms with E-state index in [0.717, 1.165) is 51.1 Å². The van der Waals surface area contributed by atoms with Crippen molar-refractivity contribution in [3.05, 3.63) is 124 Å². The molecule has 228 valence electrons. The molecule has 0 radical (unpaired) electrons. The van der Waals surface area contributed by atoms with Crippen LogP contribution in [0.25, 0.3) is 77.4 Å². The number of nitrogens with zero attached hydrogens (tertiary/aromatic N) is 5. The number of aromatic nitrogens is 4. The van der Waals surface area contributed by atoms with E-state index in [1.54, 1.807) is 12.3 Å². The van der Waals surface area contributed by atoms with Crippen LogP contribution in [0.5, 0.6) is 0 Å². The molecule has 0 bridgehead atoms. The zero-order chi connectivity index (χ0) is 32.1. The topological polar surface area (TPSA) is 115 Å². The van der Waals surface area contributed by atoms with Gasteiger partial charge < -0.3 is 13.7 Å². The van der Waals surface area contributed by atoms with Crippen LogP contribution >= 0.6 is 0 Å². The van der Waals surface area contributed by atoms with Crippen LogP contribution in [0.3, 0.4) is 0 Å². The molecule has 47 heavy (non-hydrogen) atoms. The van der Waals surface area contributed by atoms with Crippen LogP contribution in [0.1, 0.15) is 13.8 Å². The molecule has 0 unspecified atom stereocenters. The van der Waals surface area contributed by atoms with Crippen molar-refractivity contribution < 1.29 is 8.83 Å². The smallest absolute Gasteiger partial charge is 0.345 e. The largest absolute Gasteiger partial charge is 0.422 e. The SMILES string of the molecule is CCN(CC)c1ccc2cc(-c3cnc(-c4cnc(-c5cc6c7ccccc7c7ccccc7c6oc5=O)cn4)cn3)c(=O)oc2c1. The van der Waals surface area contributed by atoms with Crippen molar-refractivity contribution in [3.63, 3.8) is 0 Å². The van der Waals surface area contributed by atoms with Gasteiger partial charge >= 0.3 is 11.3 Å². The van der Waals surface area contributed by atoms with E-state index >= 15 is 0 Å². The Morgan fingerprint density at radius 2 is 1.06 bits per heavy atom. The van der Waals surface area contributed by atoms with Crippen LogP contribution in [0, 0.1) is 0 Å². The standard InChI is InChI=1S/C38H27N5O4/c1-3-43(4-2)23-14-13-22-15-29(37(44)46-35(22)16-23)31-18-41-33(20-39-31)34-21-40-32(19-42-34)30-17-28-26-11-6-5-9-24(26)25-10-7-8-12-27(25)36(28)47-38(30)45/h5-21H,3-4H2,1-2H3. The first-order valence-corrected chi connectivity index (χ1v) is 15.4. The van der Waals surface area contributed by atoms with Crippen LogP contribution in [0.2, 0.25) is 0 Å². The molecule has 8 rings (SSSR count). The van der Waals surface area contributed by atoms with Crippen LogP contribution in [0.4, 0.5) is 5.69 Å². The van der Waals surface area contributed by atoms with E-state index in [9.17, 15) is 9.59 Å². The van der Waals surface area contributed by atoms with Crippen LogP contribution in [-0.4, -0.2) is 33.0 Å². The summed E-state index contributed by atoms with van der Waals surface area (Å²) in [5.41, 5.74) is 3.38. The quantitative estimate of drug-likeness (QED) is 0.137. The van der Waals surface area contributed by atoms with Gasteiger partial charge in [0.2, 0.25) is 0 Å². The second kappa shape index (κ2) is 11.3. The number of hydrogen-bond donors (Lipinski definition) is 0. The average molecular weight is 618 g/mol. The normalized spacial score (nSPS) is 11.5. The second-order valence-corrected chi connectivity index (χ2v) is 11.2. The van der Waals surface area contributed by atoms with E-state index in [1.165, 1.54) is 18.6 Å². The van der Waals surface area contributed by atoms with Crippen molar-refractivity contribution in [2.45, 2.75) is 13.8 Å². The van der Waals surface area contributed by atoms with E-state index in [4.69, 9.17) is 8.83 Å². The molecule has 0 aliphatic heterocycles. The number of hydrogen-bond acceptors (Lipinski definition) is 9. The molecule has 0 atom stereocenters. The van der Waals surface area contributed by atoms with Gasteiger partial charge in [0.15, 0.2) is 0 Å². The zero-order valence-corrected chi connectivity index (χ0v) is 25.6. The maximum absolute atomic E-state index is 13.2. The molecule has 9 nitrogen and oxygen atoms in total. The summed E-state index contributed by atoms with van der Waals surface area (Å²) in [4.78, 5) is 46.4. The minimum atomic E-state index is -0.498. The van der Waals surface area contributed by atoms with Crippen LogP contribution in [-0.2, 0) is 0 Å². The number of rotatable bonds is 6. The summed E-state index contributed by atoms with van der Waals surface area (Å²) in [6, 6.07) is 25.4. The molecule has 0 saturated carbocycles. The van der Waals surface area contributed by atoms with E-state index in [2.05, 4.69) is 44.7 Å². The van der Waals surface area contributed by atoms with Crippen molar-refractivity contribution in [1.82, 2.24) is 19.9 Å². The van der Waals surface area contributed by atoms with Crippen molar-refractivity contribution in [2.75, 3.05) is 18.0 Å². The lowest BCUT2D eigenvalue weighted by atomic mass is 9.97. The third kappa shape index (κ3) is 4.80. The summed E-state index contributed by atoms with van der Waals surface area (Å²) in [6.07, 6.45) is 6.12. The highest BCUT2D eigenvalue weighted by Gasteiger charge is 2.17. The van der Waals surface area contributed by atoms with Gasteiger partial charge in [0.1, 0.15) is 22.6 Å². The molecule has 0 amide bonds. The molecule has 0 aliphatic rings. The lowest BCUT2D eigenvalue weighted by Gasteiger charge is -2.21. The lowest BCUT2D eigenvalue weighted by molar-refractivity contribution is 0.563. The van der Waals surface area contributed by atoms with Gasteiger partial charge in [-0.3, -0.25) is 19.9 Å². The third-order valence-corrected chi connectivity index (χ3v) is 8.59. The Balaban J connectivity index is 1.11. The number of anilines is 1. The van der Waals surface area contributed by atoms with Crippen molar-refractivity contribution in [3.8, 4) is 33.9 Å². The van der Waals surface area contributed by atoms with E-state index in [-0.39, 0.29) is 0 Å². The molecule has 0 spiro atoms. The first-order valence-electron chi connectivity index (χ1n) is 15.4. The van der Waals surface area contributed by atoms with Gasteiger partial charge in [-0.25, -0.2) is 9.59 Å². The summed E-state index contributed by atoms with van der Waals surface area (Å²) >= 11 is 0. The fourth-order valence-electron chi connectivity index (χ4n) is 6.18. The lowest BCUT2D eigenvalue weighted by Crippen LogP contribution is -2.21. The highest BCUT2D eigenvalue weighted by atomic mass is 16.4. The monoisotopic (exact) mass is 617 g/mol. The molecule has 9 heteroatoms. The molecule has 0 saturated heterocycles. The Kier molecular flexibility index (Phi) is 6.79. The van der Waals surface area contributed by atoms with Crippen LogP contribution in [0.15, 0.2) is 122 Å². The summed E-state index contributed by atoms with van der Waals surface area (Å²) in [7, 11) is 0. The maximum Gasteiger partial charge on any atom is 0.345 e. The minimum absolute atomic E-state index is 0.311. The Bertz CT molecular complexity index is 2590. The summed E-state index contributed by atoms with van der Waals surface area (Å²) in [5.74, 6) is 0. The summed E-state index contributed by atoms with van der Waals surface area (Å²) < 4.78 is 11.6. The fraction of sp³-hybridized carbons (Fsp3) is 0.105. The Morgan fingerprint density at radius 3 is 1.66 bits per heavy atom. The molecular formula is C38H27N5O4. The molecule has 0 fully saturated rings. The molecule has 8 aromatic rings. The zero-order valence-electron chi connectivity index (χ0n) is 25.6. The minimum Gasteiger partial charge on any atom is -0.422 e. The molecular weight excluding hydrogens is 590 g/mol. The summed E-state index contributed by atoms with van der Waals surface area (Å²) in [5, 5.41) is 5.57. The molecule has 4 aromatic carbocycles. The molecule has 4 aromatic heterocycles. The molecule has 0 N–H and O–H groups in total. The Hall–Kier alpha value is -6.22. The van der Waals surface area contributed by atoms with Crippen molar-refractivity contribution in [1.29, 1.82) is 0 Å². The van der Waals surface area contributed by atoms with Crippen molar-refractivity contribution in [2.24, 2.45) is 0 Å². The highest BCUT2D eigenvalue weighted by Crippen LogP contribution is 2.35. The second-order valence-electron chi connectivity index (χ2n) is 11.2. The van der Waals surface area contributed by atoms with E-state index < -0.39 is 11.3 Å². The van der Waals surface area contributed by atoms with Gasteiger partial charge in [0.05, 0.1) is 47.3 Å². The number of benzene rings is 4. The number of fused-ring (bicyclic) bond motifs is 7. The predicted octanol–water partition coefficient (Wildman–Crippen LogP) is 7.63. The van der Waals surface area contributed by atoms with Crippen molar-refractivity contribution >= 4 is 49.2 Å². The van der Waals surface area contributed by atoms with Crippen LogP contribution < -0.4 is 16.2 Å². The fourth-order valence-corrected chi connectivity index (χ4v) is 6.18. The Labute approximate surface area is 267 Å². The molecule has 4 heterocycles. The first kappa shape index (κ1) is 28.3. The van der Waals surface area contributed by atoms with E-state index in [0.29, 0.717) is 45.1 Å². The highest BCUT2D eigenvalue weighted by molar-refractivity contribution is 6.23. The van der Waals surface area contributed by atoms with Gasteiger partial charge in [0, 0.05) is 41.0 Å². The Morgan fingerprint density at radius 1 is 0.553 bits per heavy atom. The van der Waals surface area contributed by atoms with Gasteiger partial charge in [-0.2, -0.15) is 0 Å². The van der Waals surface area contributed by atoms with Gasteiger partial charge in [-0.05, 0) is 54.3 Å².